The number of carbonyl (C=O) groups is 1. The number of anilines is 1. The van der Waals surface area contributed by atoms with Gasteiger partial charge in [-0.3, -0.25) is 14.2 Å². The van der Waals surface area contributed by atoms with Crippen molar-refractivity contribution in [3.8, 4) is 5.75 Å². The Labute approximate surface area is 268 Å². The maximum Gasteiger partial charge on any atom is 0.414 e. The first-order valence-corrected chi connectivity index (χ1v) is 16.5. The molecule has 1 unspecified atom stereocenters. The first-order chi connectivity index (χ1) is 21.7. The van der Waals surface area contributed by atoms with Gasteiger partial charge in [0.05, 0.1) is 6.67 Å². The van der Waals surface area contributed by atoms with Crippen molar-refractivity contribution in [2.45, 2.75) is 77.8 Å². The average molecular weight is 608 g/mol. The minimum atomic E-state index is -0.558. The molecule has 0 N–H and O–H groups in total. The summed E-state index contributed by atoms with van der Waals surface area (Å²) < 4.78 is 24.8. The van der Waals surface area contributed by atoms with E-state index in [1.54, 1.807) is 4.90 Å². The summed E-state index contributed by atoms with van der Waals surface area (Å²) in [6.07, 6.45) is 5.20. The number of benzene rings is 3. The van der Waals surface area contributed by atoms with Gasteiger partial charge in [-0.2, -0.15) is 0 Å². The maximum atomic E-state index is 13.3. The predicted molar refractivity (Wildman–Crippen MR) is 183 cm³/mol. The minimum Gasteiger partial charge on any atom is -0.489 e. The number of aryl methyl sites for hydroxylation is 2. The molecule has 1 radical (unpaired) electrons. The topological polar surface area (TPSA) is 42.0 Å². The van der Waals surface area contributed by atoms with E-state index in [4.69, 9.17) is 9.47 Å². The van der Waals surface area contributed by atoms with E-state index >= 15 is 0 Å². The van der Waals surface area contributed by atoms with Crippen molar-refractivity contribution in [2.24, 2.45) is 0 Å². The molecular weight excluding hydrogens is 562 g/mol. The molecule has 1 saturated heterocycles. The van der Waals surface area contributed by atoms with Crippen LogP contribution in [-0.4, -0.2) is 62.8 Å². The molecule has 0 saturated carbocycles. The fraction of sp³-hybridized carbons (Fsp3) is 0.447. The maximum absolute atomic E-state index is 13.3. The summed E-state index contributed by atoms with van der Waals surface area (Å²) in [6.45, 7) is 10.8. The lowest BCUT2D eigenvalue weighted by Crippen LogP contribution is -2.44. The zero-order chi connectivity index (χ0) is 31.6. The van der Waals surface area contributed by atoms with E-state index in [1.807, 2.05) is 20.8 Å². The molecule has 1 atom stereocenters. The van der Waals surface area contributed by atoms with Gasteiger partial charge in [-0.05, 0) is 111 Å². The van der Waals surface area contributed by atoms with Gasteiger partial charge in [-0.15, -0.1) is 0 Å². The number of hydrogen-bond donors (Lipinski definition) is 0. The molecule has 3 aromatic rings. The van der Waals surface area contributed by atoms with Crippen LogP contribution in [0.15, 0.2) is 60.7 Å². The van der Waals surface area contributed by atoms with E-state index in [9.17, 15) is 9.18 Å². The molecule has 6 rings (SSSR count). The van der Waals surface area contributed by atoms with Gasteiger partial charge in [-0.25, -0.2) is 4.79 Å². The van der Waals surface area contributed by atoms with Gasteiger partial charge < -0.3 is 9.47 Å². The summed E-state index contributed by atoms with van der Waals surface area (Å²) in [6, 6.07) is 21.9. The smallest absolute Gasteiger partial charge is 0.414 e. The monoisotopic (exact) mass is 607 g/mol. The summed E-state index contributed by atoms with van der Waals surface area (Å²) in [7, 11) is 2.21. The number of rotatable bonds is 7. The summed E-state index contributed by atoms with van der Waals surface area (Å²) in [4.78, 5) is 17.4. The lowest BCUT2D eigenvalue weighted by atomic mass is 9.64. The summed E-state index contributed by atoms with van der Waals surface area (Å²) >= 11 is 0. The van der Waals surface area contributed by atoms with E-state index in [0.717, 1.165) is 79.7 Å². The van der Waals surface area contributed by atoms with Crippen LogP contribution in [0.1, 0.15) is 74.3 Å². The molecule has 0 aromatic heterocycles. The van der Waals surface area contributed by atoms with Crippen molar-refractivity contribution >= 4 is 35.7 Å². The molecule has 235 valence electrons. The van der Waals surface area contributed by atoms with Gasteiger partial charge in [0.1, 0.15) is 17.5 Å². The summed E-state index contributed by atoms with van der Waals surface area (Å²) in [5, 5.41) is 0. The second-order valence-corrected chi connectivity index (χ2v) is 13.7. The Kier molecular flexibility index (Phi) is 9.37. The molecule has 5 nitrogen and oxygen atoms in total. The Morgan fingerprint density at radius 2 is 1.80 bits per heavy atom. The fourth-order valence-electron chi connectivity index (χ4n) is 6.92. The lowest BCUT2D eigenvalue weighted by Gasteiger charge is -2.32. The van der Waals surface area contributed by atoms with Crippen LogP contribution in [0, 0.1) is 6.92 Å². The van der Waals surface area contributed by atoms with Crippen molar-refractivity contribution in [1.82, 2.24) is 4.90 Å². The van der Waals surface area contributed by atoms with Crippen LogP contribution < -0.4 is 15.1 Å². The molecule has 3 aromatic carbocycles. The number of amides is 1. The van der Waals surface area contributed by atoms with Crippen LogP contribution in [0.4, 0.5) is 14.9 Å². The largest absolute Gasteiger partial charge is 0.489 e. The molecule has 45 heavy (non-hydrogen) atoms. The highest BCUT2D eigenvalue weighted by atomic mass is 19.1. The number of carbonyl (C=O) groups excluding carboxylic acids is 1. The normalized spacial score (nSPS) is 18.6. The van der Waals surface area contributed by atoms with E-state index < -0.39 is 5.60 Å². The number of hydrogen-bond acceptors (Lipinski definition) is 4. The van der Waals surface area contributed by atoms with E-state index in [1.165, 1.54) is 27.8 Å². The van der Waals surface area contributed by atoms with Gasteiger partial charge in [0.25, 0.3) is 0 Å². The van der Waals surface area contributed by atoms with Crippen LogP contribution in [-0.2, 0) is 11.2 Å². The minimum absolute atomic E-state index is 0.132. The molecule has 1 aliphatic carbocycles. The van der Waals surface area contributed by atoms with E-state index in [2.05, 4.69) is 79.8 Å². The fourth-order valence-corrected chi connectivity index (χ4v) is 6.92. The van der Waals surface area contributed by atoms with Crippen LogP contribution >= 0.6 is 0 Å². The van der Waals surface area contributed by atoms with Crippen LogP contribution in [0.25, 0.3) is 11.1 Å². The number of ether oxygens (including phenoxy) is 2. The van der Waals surface area contributed by atoms with Gasteiger partial charge in [0.2, 0.25) is 0 Å². The SMILES string of the molecule is Cc1ccc2c(c1)CCCC(c1ccc3c(c1)N(C(=O)OC(C)(C)C)CC[B]3)=C2c1ccc(OC2CCN(CCCF)C2)cc1. The quantitative estimate of drug-likeness (QED) is 0.260. The number of nitrogens with zero attached hydrogens (tertiary/aromatic N) is 2. The standard InChI is InChI=1S/C38H45BFN2O3/c1-26-9-15-33-28(23-26)7-5-8-32(29-12-16-34-35(24-29)42(22-18-39-34)37(43)45-38(2,3)4)36(33)27-10-13-30(14-11-27)44-31-17-21-41(25-31)20-6-19-40/h9-16,23-24,31H,5-8,17-22,25H2,1-4H3. The Hall–Kier alpha value is -3.58. The third kappa shape index (κ3) is 7.30. The highest BCUT2D eigenvalue weighted by molar-refractivity contribution is 6.56. The van der Waals surface area contributed by atoms with Gasteiger partial charge in [0, 0.05) is 31.9 Å². The molecule has 1 fully saturated rings. The summed E-state index contributed by atoms with van der Waals surface area (Å²) in [5.74, 6) is 0.869. The molecule has 7 heteroatoms. The first-order valence-electron chi connectivity index (χ1n) is 16.5. The predicted octanol–water partition coefficient (Wildman–Crippen LogP) is 7.61. The van der Waals surface area contributed by atoms with Gasteiger partial charge in [0.15, 0.2) is 7.28 Å². The summed E-state index contributed by atoms with van der Waals surface area (Å²) in [5.41, 5.74) is 10.2. The highest BCUT2D eigenvalue weighted by Gasteiger charge is 2.29. The zero-order valence-electron chi connectivity index (χ0n) is 27.2. The van der Waals surface area contributed by atoms with Gasteiger partial charge >= 0.3 is 6.09 Å². The van der Waals surface area contributed by atoms with Crippen molar-refractivity contribution in [3.63, 3.8) is 0 Å². The number of fused-ring (bicyclic) bond motifs is 2. The Morgan fingerprint density at radius 3 is 2.58 bits per heavy atom. The van der Waals surface area contributed by atoms with Gasteiger partial charge in [-0.1, -0.05) is 59.8 Å². The zero-order valence-corrected chi connectivity index (χ0v) is 27.2. The Bertz CT molecular complexity index is 1560. The second-order valence-electron chi connectivity index (χ2n) is 13.7. The lowest BCUT2D eigenvalue weighted by molar-refractivity contribution is 0.0582. The van der Waals surface area contributed by atoms with Crippen LogP contribution in [0.2, 0.25) is 6.32 Å². The third-order valence-electron chi connectivity index (χ3n) is 8.99. The number of alkyl halides is 1. The third-order valence-corrected chi connectivity index (χ3v) is 8.99. The molecule has 2 heterocycles. The highest BCUT2D eigenvalue weighted by Crippen LogP contribution is 2.41. The first kappa shape index (κ1) is 31.4. The van der Waals surface area contributed by atoms with Crippen molar-refractivity contribution in [2.75, 3.05) is 37.8 Å². The average Bonchev–Trinajstić information content (AvgIpc) is 3.37. The van der Waals surface area contributed by atoms with Crippen molar-refractivity contribution < 1.29 is 18.7 Å². The molecular formula is C38H45BFN2O3. The van der Waals surface area contributed by atoms with E-state index in [0.29, 0.717) is 13.0 Å². The second kappa shape index (κ2) is 13.4. The number of allylic oxidation sites excluding steroid dienone is 1. The number of likely N-dealkylation sites (tertiary alicyclic amines) is 1. The molecule has 1 amide bonds. The van der Waals surface area contributed by atoms with Crippen LogP contribution in [0.3, 0.4) is 0 Å². The van der Waals surface area contributed by atoms with E-state index in [-0.39, 0.29) is 18.9 Å². The molecule has 0 spiro atoms. The Balaban J connectivity index is 1.36. The van der Waals surface area contributed by atoms with Crippen molar-refractivity contribution in [3.05, 3.63) is 88.5 Å². The molecule has 0 bridgehead atoms. The number of halogens is 1. The van der Waals surface area contributed by atoms with Crippen molar-refractivity contribution in [1.29, 1.82) is 0 Å². The molecule has 2 aliphatic heterocycles. The van der Waals surface area contributed by atoms with Crippen LogP contribution in [0.5, 0.6) is 5.75 Å². The Morgan fingerprint density at radius 1 is 1.00 bits per heavy atom. The molecule has 3 aliphatic rings.